The highest BCUT2D eigenvalue weighted by Crippen LogP contribution is 2.23. The molecule has 0 saturated carbocycles. The van der Waals surface area contributed by atoms with E-state index in [1.807, 2.05) is 0 Å². The third-order valence-corrected chi connectivity index (χ3v) is 4.72. The summed E-state index contributed by atoms with van der Waals surface area (Å²) in [6.07, 6.45) is 0.556. The normalized spacial score (nSPS) is 11.7. The predicted molar refractivity (Wildman–Crippen MR) is 89.4 cm³/mol. The number of methoxy groups -OCH3 is 1. The molecular formula is C17H18O6S. The first-order valence-electron chi connectivity index (χ1n) is 7.23. The molecule has 2 aromatic rings. The molecule has 0 amide bonds. The van der Waals surface area contributed by atoms with Gasteiger partial charge in [0.1, 0.15) is 22.8 Å². The maximum Gasteiger partial charge on any atom is 0.339 e. The van der Waals surface area contributed by atoms with E-state index in [2.05, 4.69) is 0 Å². The van der Waals surface area contributed by atoms with E-state index in [9.17, 15) is 14.1 Å². The van der Waals surface area contributed by atoms with Crippen LogP contribution in [-0.4, -0.2) is 39.9 Å². The fourth-order valence-corrected chi connectivity index (χ4v) is 3.06. The predicted octanol–water partition coefficient (Wildman–Crippen LogP) is 2.68. The Kier molecular flexibility index (Phi) is 6.20. The fourth-order valence-electron chi connectivity index (χ4n) is 2.01. The van der Waals surface area contributed by atoms with Gasteiger partial charge in [0.15, 0.2) is 0 Å². The molecule has 0 radical (unpaired) electrons. The van der Waals surface area contributed by atoms with Crippen LogP contribution in [0, 0.1) is 0 Å². The number of aromatic carboxylic acids is 1. The first-order chi connectivity index (χ1) is 11.5. The second kappa shape index (κ2) is 8.35. The van der Waals surface area contributed by atoms with Crippen molar-refractivity contribution in [2.45, 2.75) is 11.3 Å². The number of benzene rings is 2. The van der Waals surface area contributed by atoms with Gasteiger partial charge in [-0.25, -0.2) is 4.79 Å². The molecule has 0 fully saturated rings. The van der Waals surface area contributed by atoms with Crippen LogP contribution in [0.15, 0.2) is 47.4 Å². The average Bonchev–Trinajstić information content (AvgIpc) is 2.58. The number of hydrogen-bond acceptors (Lipinski definition) is 5. The third-order valence-electron chi connectivity index (χ3n) is 3.26. The Labute approximate surface area is 142 Å². The van der Waals surface area contributed by atoms with E-state index >= 15 is 0 Å². The summed E-state index contributed by atoms with van der Waals surface area (Å²) < 4.78 is 22.6. The van der Waals surface area contributed by atoms with E-state index in [1.165, 1.54) is 18.2 Å². The molecule has 0 saturated heterocycles. The van der Waals surface area contributed by atoms with E-state index in [0.717, 1.165) is 4.90 Å². The van der Waals surface area contributed by atoms with Gasteiger partial charge in [-0.2, -0.15) is 0 Å². The first-order valence-corrected chi connectivity index (χ1v) is 8.54. The molecule has 2 N–H and O–H groups in total. The molecule has 0 heterocycles. The lowest BCUT2D eigenvalue weighted by Crippen LogP contribution is -2.05. The largest absolute Gasteiger partial charge is 0.507 e. The average molecular weight is 350 g/mol. The van der Waals surface area contributed by atoms with Gasteiger partial charge in [-0.15, -0.1) is 0 Å². The number of carboxylic acids is 1. The molecule has 2 rings (SSSR count). The maximum atomic E-state index is 12.1. The Morgan fingerprint density at radius 3 is 2.38 bits per heavy atom. The topological polar surface area (TPSA) is 93.1 Å². The van der Waals surface area contributed by atoms with Crippen molar-refractivity contribution in [2.24, 2.45) is 0 Å². The van der Waals surface area contributed by atoms with Crippen molar-refractivity contribution in [3.63, 3.8) is 0 Å². The molecule has 1 atom stereocenters. The third kappa shape index (κ3) is 4.73. The molecular weight excluding hydrogens is 332 g/mol. The summed E-state index contributed by atoms with van der Waals surface area (Å²) >= 11 is 0. The zero-order valence-corrected chi connectivity index (χ0v) is 13.9. The second-order valence-corrected chi connectivity index (χ2v) is 6.48. The molecule has 2 aromatic carbocycles. The van der Waals surface area contributed by atoms with E-state index < -0.39 is 16.8 Å². The molecule has 128 valence electrons. The molecule has 0 aliphatic rings. The van der Waals surface area contributed by atoms with Crippen molar-refractivity contribution < 1.29 is 28.7 Å². The van der Waals surface area contributed by atoms with Crippen LogP contribution >= 0.6 is 0 Å². The summed E-state index contributed by atoms with van der Waals surface area (Å²) in [7, 11) is 0.445. The van der Waals surface area contributed by atoms with Crippen molar-refractivity contribution in [3.05, 3.63) is 48.0 Å². The van der Waals surface area contributed by atoms with Crippen LogP contribution in [0.4, 0.5) is 0 Å². The molecule has 24 heavy (non-hydrogen) atoms. The number of carbonyl (C=O) groups is 1. The Morgan fingerprint density at radius 1 is 1.12 bits per heavy atom. The lowest BCUT2D eigenvalue weighted by Gasteiger charge is -2.08. The van der Waals surface area contributed by atoms with Gasteiger partial charge < -0.3 is 19.7 Å². The molecule has 0 aliphatic heterocycles. The van der Waals surface area contributed by atoms with Crippen molar-refractivity contribution in [1.29, 1.82) is 0 Å². The van der Waals surface area contributed by atoms with Crippen molar-refractivity contribution in [1.82, 2.24) is 0 Å². The number of aromatic hydroxyl groups is 1. The van der Waals surface area contributed by atoms with Crippen LogP contribution < -0.4 is 9.47 Å². The van der Waals surface area contributed by atoms with Gasteiger partial charge in [-0.3, -0.25) is 4.21 Å². The smallest absolute Gasteiger partial charge is 0.339 e. The number of hydrogen-bond donors (Lipinski definition) is 2. The Balaban J connectivity index is 1.80. The first kappa shape index (κ1) is 17.8. The number of ether oxygens (including phenoxy) is 2. The zero-order chi connectivity index (χ0) is 17.5. The van der Waals surface area contributed by atoms with Crippen LogP contribution in [0.3, 0.4) is 0 Å². The van der Waals surface area contributed by atoms with Crippen LogP contribution in [0.25, 0.3) is 0 Å². The minimum atomic E-state index is -1.20. The number of rotatable bonds is 8. The lowest BCUT2D eigenvalue weighted by atomic mass is 10.2. The minimum Gasteiger partial charge on any atom is -0.507 e. The summed E-state index contributed by atoms with van der Waals surface area (Å²) in [5.41, 5.74) is -0.178. The summed E-state index contributed by atoms with van der Waals surface area (Å²) in [5.74, 6) is -0.0295. The van der Waals surface area contributed by atoms with Gasteiger partial charge in [-0.05, 0) is 42.8 Å². The minimum absolute atomic E-state index is 0.178. The monoisotopic (exact) mass is 350 g/mol. The van der Waals surface area contributed by atoms with Crippen molar-refractivity contribution >= 4 is 16.8 Å². The van der Waals surface area contributed by atoms with Gasteiger partial charge >= 0.3 is 5.97 Å². The SMILES string of the molecule is COc1ccc(S(=O)CCCOc2ccc(C(=O)O)c(O)c2)cc1. The summed E-state index contributed by atoms with van der Waals surface area (Å²) in [6, 6.07) is 11.1. The zero-order valence-electron chi connectivity index (χ0n) is 13.1. The fraction of sp³-hybridized carbons (Fsp3) is 0.235. The lowest BCUT2D eigenvalue weighted by molar-refractivity contribution is 0.0693. The Hall–Kier alpha value is -2.54. The molecule has 6 nitrogen and oxygen atoms in total. The second-order valence-electron chi connectivity index (χ2n) is 4.91. The van der Waals surface area contributed by atoms with E-state index in [1.54, 1.807) is 31.4 Å². The standard InChI is InChI=1S/C17H18O6S/c1-22-12-3-6-14(7-4-12)24(21)10-2-9-23-13-5-8-15(17(19)20)16(18)11-13/h3-8,11,18H,2,9-10H2,1H3,(H,19,20). The Bertz CT molecular complexity index is 726. The molecule has 0 aromatic heterocycles. The number of carboxylic acid groups (broad SMARTS) is 1. The highest BCUT2D eigenvalue weighted by atomic mass is 32.2. The van der Waals surface area contributed by atoms with Gasteiger partial charge in [0, 0.05) is 16.7 Å². The van der Waals surface area contributed by atoms with Gasteiger partial charge in [0.25, 0.3) is 0 Å². The van der Waals surface area contributed by atoms with Crippen molar-refractivity contribution in [3.8, 4) is 17.2 Å². The number of phenols is 1. The van der Waals surface area contributed by atoms with Crippen molar-refractivity contribution in [2.75, 3.05) is 19.5 Å². The van der Waals surface area contributed by atoms with Gasteiger partial charge in [0.2, 0.25) is 0 Å². The van der Waals surface area contributed by atoms with Crippen LogP contribution in [0.1, 0.15) is 16.8 Å². The Morgan fingerprint density at radius 2 is 1.79 bits per heavy atom. The summed E-state index contributed by atoms with van der Waals surface area (Å²) in [5, 5.41) is 18.4. The maximum absolute atomic E-state index is 12.1. The molecule has 0 bridgehead atoms. The van der Waals surface area contributed by atoms with E-state index in [0.29, 0.717) is 30.3 Å². The van der Waals surface area contributed by atoms with Gasteiger partial charge in [-0.1, -0.05) is 0 Å². The van der Waals surface area contributed by atoms with Crippen LogP contribution in [0.5, 0.6) is 17.2 Å². The molecule has 7 heteroatoms. The van der Waals surface area contributed by atoms with Crippen LogP contribution in [0.2, 0.25) is 0 Å². The highest BCUT2D eigenvalue weighted by Gasteiger charge is 2.10. The molecule has 1 unspecified atom stereocenters. The summed E-state index contributed by atoms with van der Waals surface area (Å²) in [4.78, 5) is 11.5. The highest BCUT2D eigenvalue weighted by molar-refractivity contribution is 7.85. The quantitative estimate of drug-likeness (QED) is 0.711. The van der Waals surface area contributed by atoms with E-state index in [4.69, 9.17) is 14.6 Å². The van der Waals surface area contributed by atoms with E-state index in [-0.39, 0.29) is 11.3 Å². The van der Waals surface area contributed by atoms with Crippen LogP contribution in [-0.2, 0) is 10.8 Å². The molecule has 0 spiro atoms. The molecule has 0 aliphatic carbocycles. The van der Waals surface area contributed by atoms with Gasteiger partial charge in [0.05, 0.1) is 24.5 Å². The summed E-state index contributed by atoms with van der Waals surface area (Å²) in [6.45, 7) is 0.313.